The Morgan fingerprint density at radius 3 is 2.80 bits per heavy atom. The van der Waals surface area contributed by atoms with E-state index >= 15 is 0 Å². The van der Waals surface area contributed by atoms with Gasteiger partial charge >= 0.3 is 6.30 Å². The fourth-order valence-electron chi connectivity index (χ4n) is 2.60. The smallest absolute Gasteiger partial charge is 0.367 e. The van der Waals surface area contributed by atoms with Crippen LogP contribution in [-0.4, -0.2) is 36.0 Å². The monoisotopic (exact) mass is 352 g/mol. The van der Waals surface area contributed by atoms with Crippen molar-refractivity contribution in [2.75, 3.05) is 10.6 Å². The lowest BCUT2D eigenvalue weighted by molar-refractivity contribution is -0.213. The maximum Gasteiger partial charge on any atom is 0.505 e. The van der Waals surface area contributed by atoms with Crippen molar-refractivity contribution in [1.82, 2.24) is 29.9 Å². The van der Waals surface area contributed by atoms with Gasteiger partial charge in [0.05, 0.1) is 11.6 Å². The fraction of sp³-hybridized carbons (Fsp3) is 0.429. The average Bonchev–Trinajstić information content (AvgIpc) is 3.09. The molecule has 25 heavy (non-hydrogen) atoms. The molecule has 8 nitrogen and oxygen atoms in total. The van der Waals surface area contributed by atoms with Gasteiger partial charge in [-0.3, -0.25) is 0 Å². The van der Waals surface area contributed by atoms with Crippen LogP contribution in [0.3, 0.4) is 0 Å². The molecule has 0 aromatic carbocycles. The molecule has 4 rings (SSSR count). The van der Waals surface area contributed by atoms with Crippen LogP contribution in [0.25, 0.3) is 11.0 Å². The van der Waals surface area contributed by atoms with Crippen molar-refractivity contribution < 1.29 is 13.2 Å². The third-order valence-electron chi connectivity index (χ3n) is 4.10. The van der Waals surface area contributed by atoms with Crippen LogP contribution < -0.4 is 10.6 Å². The Morgan fingerprint density at radius 2 is 2.12 bits per heavy atom. The number of rotatable bonds is 5. The van der Waals surface area contributed by atoms with Crippen LogP contribution in [0.4, 0.5) is 30.8 Å². The number of fused-ring (bicyclic) bond motifs is 1. The van der Waals surface area contributed by atoms with Gasteiger partial charge in [0.1, 0.15) is 11.5 Å². The summed E-state index contributed by atoms with van der Waals surface area (Å²) in [6.45, 7) is 2.08. The minimum absolute atomic E-state index is 0.0931. The molecule has 0 amide bonds. The first kappa shape index (κ1) is 15.7. The van der Waals surface area contributed by atoms with Gasteiger partial charge < -0.3 is 15.6 Å². The summed E-state index contributed by atoms with van der Waals surface area (Å²) >= 11 is 0. The molecule has 1 fully saturated rings. The van der Waals surface area contributed by atoms with Gasteiger partial charge in [-0.25, -0.2) is 0 Å². The Kier molecular flexibility index (Phi) is 3.51. The standard InChI is InChI=1S/C14H15F3N8/c1-7(8-2-3-8)19-12-9-4-5-18-11(9)21-13(22-12)20-10-6-25(24-23-10)14(15,16)17/h4-8H,2-3H2,1H3,(H3,18,19,20,21,22)/t7-/m0/s1. The first-order valence-electron chi connectivity index (χ1n) is 7.78. The molecular weight excluding hydrogens is 337 g/mol. The zero-order valence-corrected chi connectivity index (χ0v) is 13.2. The lowest BCUT2D eigenvalue weighted by Gasteiger charge is -2.15. The van der Waals surface area contributed by atoms with Crippen LogP contribution in [0, 0.1) is 5.92 Å². The van der Waals surface area contributed by atoms with Crippen molar-refractivity contribution in [2.24, 2.45) is 5.92 Å². The summed E-state index contributed by atoms with van der Waals surface area (Å²) in [6, 6.07) is 2.10. The Morgan fingerprint density at radius 1 is 1.32 bits per heavy atom. The second kappa shape index (κ2) is 5.60. The normalized spacial score (nSPS) is 16.2. The molecule has 1 aliphatic carbocycles. The van der Waals surface area contributed by atoms with Gasteiger partial charge in [-0.05, 0) is 31.7 Å². The summed E-state index contributed by atoms with van der Waals surface area (Å²) in [4.78, 5) is 11.6. The van der Waals surface area contributed by atoms with Crippen LogP contribution in [-0.2, 0) is 6.30 Å². The zero-order chi connectivity index (χ0) is 17.6. The van der Waals surface area contributed by atoms with Gasteiger partial charge in [-0.2, -0.15) is 14.6 Å². The summed E-state index contributed by atoms with van der Waals surface area (Å²) in [5.74, 6) is 1.28. The predicted octanol–water partition coefficient (Wildman–Crippen LogP) is 2.98. The van der Waals surface area contributed by atoms with Crippen molar-refractivity contribution in [1.29, 1.82) is 0 Å². The molecule has 1 atom stereocenters. The van der Waals surface area contributed by atoms with Crippen molar-refractivity contribution >= 4 is 28.6 Å². The van der Waals surface area contributed by atoms with Gasteiger partial charge in [0, 0.05) is 12.2 Å². The van der Waals surface area contributed by atoms with E-state index in [1.165, 1.54) is 12.8 Å². The van der Waals surface area contributed by atoms with Crippen molar-refractivity contribution in [3.05, 3.63) is 18.5 Å². The van der Waals surface area contributed by atoms with E-state index in [2.05, 4.69) is 42.8 Å². The molecule has 0 unspecified atom stereocenters. The molecule has 3 heterocycles. The number of anilines is 3. The van der Waals surface area contributed by atoms with Crippen molar-refractivity contribution in [2.45, 2.75) is 32.1 Å². The van der Waals surface area contributed by atoms with Crippen LogP contribution in [0.15, 0.2) is 18.5 Å². The van der Waals surface area contributed by atoms with E-state index in [1.807, 2.05) is 6.07 Å². The number of alkyl halides is 3. The minimum Gasteiger partial charge on any atom is -0.367 e. The van der Waals surface area contributed by atoms with E-state index in [4.69, 9.17) is 0 Å². The molecule has 0 aliphatic heterocycles. The van der Waals surface area contributed by atoms with E-state index in [0.29, 0.717) is 17.4 Å². The minimum atomic E-state index is -4.62. The fourth-order valence-corrected chi connectivity index (χ4v) is 2.60. The van der Waals surface area contributed by atoms with Gasteiger partial charge in [0.2, 0.25) is 5.95 Å². The highest BCUT2D eigenvalue weighted by atomic mass is 19.4. The van der Waals surface area contributed by atoms with Crippen LogP contribution in [0.1, 0.15) is 19.8 Å². The maximum absolute atomic E-state index is 12.6. The molecule has 0 radical (unpaired) electrons. The van der Waals surface area contributed by atoms with E-state index in [-0.39, 0.29) is 22.5 Å². The number of nitrogens with zero attached hydrogens (tertiary/aromatic N) is 5. The molecule has 3 aromatic rings. The molecule has 0 saturated heterocycles. The quantitative estimate of drug-likeness (QED) is 0.653. The van der Waals surface area contributed by atoms with E-state index in [9.17, 15) is 13.2 Å². The summed E-state index contributed by atoms with van der Waals surface area (Å²) in [7, 11) is 0. The van der Waals surface area contributed by atoms with E-state index in [0.717, 1.165) is 11.6 Å². The Bertz CT molecular complexity index is 895. The molecular formula is C14H15F3N8. The molecule has 0 spiro atoms. The highest BCUT2D eigenvalue weighted by Gasteiger charge is 2.32. The number of nitrogens with one attached hydrogen (secondary N) is 3. The molecule has 0 bridgehead atoms. The highest BCUT2D eigenvalue weighted by Crippen LogP contribution is 2.35. The third kappa shape index (κ3) is 3.21. The Labute approximate surface area is 139 Å². The Balaban J connectivity index is 1.62. The number of hydrogen-bond acceptors (Lipinski definition) is 6. The van der Waals surface area contributed by atoms with Crippen LogP contribution in [0.2, 0.25) is 0 Å². The summed E-state index contributed by atoms with van der Waals surface area (Å²) in [6.07, 6.45) is 0.212. The lowest BCUT2D eigenvalue weighted by atomic mass is 10.2. The molecule has 3 N–H and O–H groups in total. The second-order valence-electron chi connectivity index (χ2n) is 6.05. The number of aromatic nitrogens is 6. The SMILES string of the molecule is C[C@H](Nc1nc(Nc2cn(C(F)(F)F)nn2)nc2[nH]ccc12)C1CC1. The van der Waals surface area contributed by atoms with Gasteiger partial charge in [0.25, 0.3) is 0 Å². The highest BCUT2D eigenvalue weighted by molar-refractivity contribution is 5.88. The van der Waals surface area contributed by atoms with Crippen LogP contribution in [0.5, 0.6) is 0 Å². The number of H-pyrrole nitrogens is 1. The van der Waals surface area contributed by atoms with Gasteiger partial charge in [0.15, 0.2) is 5.82 Å². The number of aromatic amines is 1. The van der Waals surface area contributed by atoms with E-state index < -0.39 is 6.30 Å². The Hall–Kier alpha value is -2.85. The first-order valence-corrected chi connectivity index (χ1v) is 7.78. The maximum atomic E-state index is 12.6. The van der Waals surface area contributed by atoms with E-state index in [1.54, 1.807) is 6.20 Å². The summed E-state index contributed by atoms with van der Waals surface area (Å²) < 4.78 is 37.6. The summed E-state index contributed by atoms with van der Waals surface area (Å²) in [5.41, 5.74) is 0.575. The largest absolute Gasteiger partial charge is 0.505 e. The third-order valence-corrected chi connectivity index (χ3v) is 4.10. The molecule has 11 heteroatoms. The molecule has 132 valence electrons. The number of hydrogen-bond donors (Lipinski definition) is 3. The van der Waals surface area contributed by atoms with Gasteiger partial charge in [-0.15, -0.1) is 18.3 Å². The lowest BCUT2D eigenvalue weighted by Crippen LogP contribution is -2.18. The molecule has 1 saturated carbocycles. The zero-order valence-electron chi connectivity index (χ0n) is 13.2. The second-order valence-corrected chi connectivity index (χ2v) is 6.05. The topological polar surface area (TPSA) is 96.3 Å². The number of halogens is 3. The van der Waals surface area contributed by atoms with Gasteiger partial charge in [-0.1, -0.05) is 5.21 Å². The predicted molar refractivity (Wildman–Crippen MR) is 84.3 cm³/mol. The average molecular weight is 352 g/mol. The van der Waals surface area contributed by atoms with Crippen molar-refractivity contribution in [3.63, 3.8) is 0 Å². The molecule has 3 aromatic heterocycles. The van der Waals surface area contributed by atoms with Crippen molar-refractivity contribution in [3.8, 4) is 0 Å². The molecule has 1 aliphatic rings. The summed E-state index contributed by atoms with van der Waals surface area (Å²) in [5, 5.41) is 13.3. The first-order chi connectivity index (χ1) is 11.9. The van der Waals surface area contributed by atoms with Crippen LogP contribution >= 0.6 is 0 Å².